The fourth-order valence-corrected chi connectivity index (χ4v) is 1.50. The Kier molecular flexibility index (Phi) is 8.77. The molecule has 5 nitrogen and oxygen atoms in total. The van der Waals surface area contributed by atoms with Gasteiger partial charge in [0, 0.05) is 6.08 Å². The zero-order valence-corrected chi connectivity index (χ0v) is 11.6. The van der Waals surface area contributed by atoms with Gasteiger partial charge in [0.15, 0.2) is 5.78 Å². The predicted molar refractivity (Wildman–Crippen MR) is 68.4 cm³/mol. The molecule has 0 saturated heterocycles. The molecule has 0 rings (SSSR count). The Morgan fingerprint density at radius 1 is 1.00 bits per heavy atom. The second-order valence-electron chi connectivity index (χ2n) is 4.05. The highest BCUT2D eigenvalue weighted by atomic mass is 16.4. The van der Waals surface area contributed by atoms with Gasteiger partial charge in [-0.3, -0.25) is 14.4 Å². The number of carboxylic acids is 1. The summed E-state index contributed by atoms with van der Waals surface area (Å²) in [5.74, 6) is -1.32. The Hall–Kier alpha value is -1.65. The van der Waals surface area contributed by atoms with Crippen molar-refractivity contribution in [1.29, 1.82) is 0 Å². The number of carbonyl (C=O) groups is 3. The lowest BCUT2D eigenvalue weighted by atomic mass is 9.79. The molecule has 0 aromatic rings. The van der Waals surface area contributed by atoms with Crippen LogP contribution >= 0.6 is 0 Å². The molecule has 0 spiro atoms. The molecule has 0 amide bonds. The van der Waals surface area contributed by atoms with Gasteiger partial charge in [0.25, 0.3) is 0 Å². The molecule has 0 radical (unpaired) electrons. The molecule has 2 N–H and O–H groups in total. The Bertz CT molecular complexity index is 317. The van der Waals surface area contributed by atoms with Crippen LogP contribution in [0.4, 0.5) is 0 Å². The number of rotatable bonds is 5. The molecule has 0 aliphatic rings. The first-order valence-electron chi connectivity index (χ1n) is 5.76. The zero-order valence-electron chi connectivity index (χ0n) is 11.6. The maximum Gasteiger partial charge on any atom is 0.317 e. The van der Waals surface area contributed by atoms with E-state index >= 15 is 0 Å². The van der Waals surface area contributed by atoms with Crippen LogP contribution in [-0.2, 0) is 14.4 Å². The van der Waals surface area contributed by atoms with E-state index in [1.165, 1.54) is 26.8 Å². The molecule has 0 aromatic heterocycles. The molecular weight excluding hydrogens is 236 g/mol. The molecule has 0 fully saturated rings. The van der Waals surface area contributed by atoms with Gasteiger partial charge in [0.05, 0.1) is 5.76 Å². The van der Waals surface area contributed by atoms with Crippen LogP contribution < -0.4 is 0 Å². The number of aliphatic carboxylic acids is 1. The van der Waals surface area contributed by atoms with Crippen molar-refractivity contribution in [1.82, 2.24) is 0 Å². The van der Waals surface area contributed by atoms with Crippen LogP contribution in [0.3, 0.4) is 0 Å². The summed E-state index contributed by atoms with van der Waals surface area (Å²) in [7, 11) is 0. The van der Waals surface area contributed by atoms with Crippen LogP contribution in [0.25, 0.3) is 0 Å². The maximum absolute atomic E-state index is 11.0. The first kappa shape index (κ1) is 18.7. The van der Waals surface area contributed by atoms with E-state index in [1.54, 1.807) is 13.8 Å². The van der Waals surface area contributed by atoms with Gasteiger partial charge in [0.1, 0.15) is 11.2 Å². The monoisotopic (exact) mass is 258 g/mol. The Morgan fingerprint density at radius 2 is 1.39 bits per heavy atom. The summed E-state index contributed by atoms with van der Waals surface area (Å²) >= 11 is 0. The van der Waals surface area contributed by atoms with Crippen molar-refractivity contribution in [2.45, 2.75) is 47.5 Å². The van der Waals surface area contributed by atoms with Crippen molar-refractivity contribution in [2.75, 3.05) is 0 Å². The van der Waals surface area contributed by atoms with Crippen molar-refractivity contribution in [3.8, 4) is 0 Å². The Morgan fingerprint density at radius 3 is 1.39 bits per heavy atom. The van der Waals surface area contributed by atoms with Crippen molar-refractivity contribution >= 4 is 17.5 Å². The van der Waals surface area contributed by atoms with E-state index in [1.807, 2.05) is 0 Å². The molecule has 0 heterocycles. The molecule has 0 atom stereocenters. The van der Waals surface area contributed by atoms with E-state index in [4.69, 9.17) is 10.2 Å². The lowest BCUT2D eigenvalue weighted by molar-refractivity contribution is -0.154. The van der Waals surface area contributed by atoms with E-state index in [0.717, 1.165) is 0 Å². The number of aliphatic hydroxyl groups excluding tert-OH is 1. The number of hydrogen-bond acceptors (Lipinski definition) is 4. The van der Waals surface area contributed by atoms with E-state index in [0.29, 0.717) is 12.8 Å². The SMILES string of the molecule is CC(=O)/C=C(/C)O.CCC(CC)(C(C)=O)C(=O)O. The highest BCUT2D eigenvalue weighted by molar-refractivity contribution is 6.01. The zero-order chi connectivity index (χ0) is 14.9. The predicted octanol–water partition coefficient (Wildman–Crippen LogP) is 2.50. The highest BCUT2D eigenvalue weighted by Crippen LogP contribution is 2.27. The van der Waals surface area contributed by atoms with Gasteiger partial charge in [-0.05, 0) is 33.6 Å². The van der Waals surface area contributed by atoms with E-state index in [2.05, 4.69) is 0 Å². The minimum atomic E-state index is -1.14. The van der Waals surface area contributed by atoms with Gasteiger partial charge in [-0.25, -0.2) is 0 Å². The molecule has 0 aliphatic carbocycles. The third-order valence-corrected chi connectivity index (χ3v) is 2.70. The summed E-state index contributed by atoms with van der Waals surface area (Å²) in [6, 6.07) is 0. The van der Waals surface area contributed by atoms with Crippen LogP contribution in [0, 0.1) is 5.41 Å². The first-order chi connectivity index (χ1) is 8.13. The summed E-state index contributed by atoms with van der Waals surface area (Å²) in [6.07, 6.45) is 1.91. The lowest BCUT2D eigenvalue weighted by Crippen LogP contribution is -2.36. The van der Waals surface area contributed by atoms with Gasteiger partial charge in [0.2, 0.25) is 0 Å². The molecule has 18 heavy (non-hydrogen) atoms. The molecule has 0 unspecified atom stereocenters. The summed E-state index contributed by atoms with van der Waals surface area (Å²) in [5.41, 5.74) is -1.14. The number of allylic oxidation sites excluding steroid dienone is 2. The van der Waals surface area contributed by atoms with E-state index < -0.39 is 11.4 Å². The largest absolute Gasteiger partial charge is 0.512 e. The fourth-order valence-electron chi connectivity index (χ4n) is 1.50. The standard InChI is InChI=1S/C8H14O3.C5H8O2/c1-4-8(5-2,6(3)9)7(10)11;1-4(6)3-5(2)7/h4-5H2,1-3H3,(H,10,11);3,6H,1-2H3/b;4-3-. The summed E-state index contributed by atoms with van der Waals surface area (Å²) in [4.78, 5) is 31.7. The quantitative estimate of drug-likeness (QED) is 0.449. The normalized spacial score (nSPS) is 11.3. The number of aliphatic hydroxyl groups is 1. The Balaban J connectivity index is 0. The smallest absolute Gasteiger partial charge is 0.317 e. The topological polar surface area (TPSA) is 91.7 Å². The third-order valence-electron chi connectivity index (χ3n) is 2.70. The van der Waals surface area contributed by atoms with Crippen LogP contribution in [0.5, 0.6) is 0 Å². The molecule has 104 valence electrons. The number of hydrogen-bond donors (Lipinski definition) is 2. The third kappa shape index (κ3) is 6.18. The second-order valence-corrected chi connectivity index (χ2v) is 4.05. The average molecular weight is 258 g/mol. The van der Waals surface area contributed by atoms with Crippen molar-refractivity contribution in [2.24, 2.45) is 5.41 Å². The number of ketones is 2. The minimum Gasteiger partial charge on any atom is -0.512 e. The molecule has 0 saturated carbocycles. The van der Waals surface area contributed by atoms with Crippen LogP contribution in [0.1, 0.15) is 47.5 Å². The minimum absolute atomic E-state index is 0.0625. The van der Waals surface area contributed by atoms with E-state index in [-0.39, 0.29) is 17.3 Å². The highest BCUT2D eigenvalue weighted by Gasteiger charge is 2.39. The number of carboxylic acid groups (broad SMARTS) is 1. The fraction of sp³-hybridized carbons (Fsp3) is 0.615. The summed E-state index contributed by atoms with van der Waals surface area (Å²) in [5, 5.41) is 17.1. The number of carbonyl (C=O) groups excluding carboxylic acids is 2. The van der Waals surface area contributed by atoms with Crippen molar-refractivity contribution in [3.63, 3.8) is 0 Å². The maximum atomic E-state index is 11.0. The molecular formula is C13H22O5. The summed E-state index contributed by atoms with van der Waals surface area (Å²) < 4.78 is 0. The molecule has 5 heteroatoms. The molecule has 0 bridgehead atoms. The van der Waals surface area contributed by atoms with Gasteiger partial charge in [-0.1, -0.05) is 13.8 Å². The van der Waals surface area contributed by atoms with Gasteiger partial charge in [-0.2, -0.15) is 0 Å². The van der Waals surface area contributed by atoms with Gasteiger partial charge >= 0.3 is 5.97 Å². The van der Waals surface area contributed by atoms with Crippen molar-refractivity contribution in [3.05, 3.63) is 11.8 Å². The Labute approximate surface area is 108 Å². The lowest BCUT2D eigenvalue weighted by Gasteiger charge is -2.22. The van der Waals surface area contributed by atoms with Crippen LogP contribution in [-0.4, -0.2) is 27.7 Å². The molecule has 0 aromatic carbocycles. The van der Waals surface area contributed by atoms with Gasteiger partial charge < -0.3 is 10.2 Å². The van der Waals surface area contributed by atoms with E-state index in [9.17, 15) is 14.4 Å². The second kappa shape index (κ2) is 8.44. The van der Waals surface area contributed by atoms with Crippen molar-refractivity contribution < 1.29 is 24.6 Å². The van der Waals surface area contributed by atoms with Crippen LogP contribution in [0.2, 0.25) is 0 Å². The van der Waals surface area contributed by atoms with Gasteiger partial charge in [-0.15, -0.1) is 0 Å². The average Bonchev–Trinajstić information content (AvgIpc) is 2.17. The first-order valence-corrected chi connectivity index (χ1v) is 5.76. The molecule has 0 aliphatic heterocycles. The van der Waals surface area contributed by atoms with Crippen LogP contribution in [0.15, 0.2) is 11.8 Å². The summed E-state index contributed by atoms with van der Waals surface area (Å²) in [6.45, 7) is 7.63. The number of Topliss-reactive ketones (excluding diaryl/α,β-unsaturated/α-hetero) is 1.